The van der Waals surface area contributed by atoms with Gasteiger partial charge in [0.15, 0.2) is 0 Å². The molecule has 0 unspecified atom stereocenters. The first-order valence-corrected chi connectivity index (χ1v) is 13.9. The van der Waals surface area contributed by atoms with E-state index in [-0.39, 0.29) is 40.6 Å². The number of carbonyl (C=O) groups excluding carboxylic acids is 3. The Morgan fingerprint density at radius 2 is 1.83 bits per heavy atom. The molecule has 16 heteroatoms. The fraction of sp³-hybridized carbons (Fsp3) is 0.167. The fourth-order valence-corrected chi connectivity index (χ4v) is 5.45. The summed E-state index contributed by atoms with van der Waals surface area (Å²) in [5.74, 6) is -3.94. The van der Waals surface area contributed by atoms with Gasteiger partial charge in [0.25, 0.3) is 34.4 Å². The Bertz CT molecular complexity index is 2200. The first-order valence-electron chi connectivity index (χ1n) is 13.9. The van der Waals surface area contributed by atoms with Crippen molar-refractivity contribution in [1.29, 1.82) is 0 Å². The number of hydrogen-bond donors (Lipinski definition) is 6. The van der Waals surface area contributed by atoms with Crippen LogP contribution in [0.25, 0.3) is 5.78 Å². The normalized spacial score (nSPS) is 13.8. The van der Waals surface area contributed by atoms with Crippen LogP contribution in [0.15, 0.2) is 52.1 Å². The van der Waals surface area contributed by atoms with Gasteiger partial charge in [0.2, 0.25) is 5.82 Å². The van der Waals surface area contributed by atoms with Crippen LogP contribution in [0.2, 0.25) is 0 Å². The topological polar surface area (TPSA) is 254 Å². The van der Waals surface area contributed by atoms with Gasteiger partial charge in [0.1, 0.15) is 22.8 Å². The van der Waals surface area contributed by atoms with E-state index in [9.17, 15) is 33.9 Å². The standard InChI is InChI=1S/C30H25N9O7/c1-12-15-7-8-18(17(15)6-5-16(12)29(45)46)35-27(43)19-10-20(39-30(36-19)37-26(38-39)25(32)42)28(44)33-11-13-3-2-4-14(9-13)34-22-21(31)23(40)24(22)41/h2-6,9-10,18,34H,7-8,11,31H2,1H3,(H2,32,42)(H,33,44)(H,35,43)(H,45,46)/t18-/m0/s1. The molecule has 0 aliphatic heterocycles. The Morgan fingerprint density at radius 3 is 2.54 bits per heavy atom. The van der Waals surface area contributed by atoms with Crippen LogP contribution in [0.1, 0.15) is 76.7 Å². The molecule has 5 aromatic rings. The summed E-state index contributed by atoms with van der Waals surface area (Å²) in [7, 11) is 0. The smallest absolute Gasteiger partial charge is 0.335 e. The van der Waals surface area contributed by atoms with Crippen molar-refractivity contribution in [3.8, 4) is 0 Å². The Kier molecular flexibility index (Phi) is 7.23. The number of primary amides is 1. The van der Waals surface area contributed by atoms with Gasteiger partial charge >= 0.3 is 5.97 Å². The lowest BCUT2D eigenvalue weighted by Crippen LogP contribution is -2.36. The monoisotopic (exact) mass is 623 g/mol. The number of amides is 3. The summed E-state index contributed by atoms with van der Waals surface area (Å²) in [5.41, 5.74) is 12.5. The number of benzene rings is 2. The number of nitrogens with one attached hydrogen (secondary N) is 3. The molecule has 0 fully saturated rings. The number of fused-ring (bicyclic) bond motifs is 2. The summed E-state index contributed by atoms with van der Waals surface area (Å²) < 4.78 is 1.00. The summed E-state index contributed by atoms with van der Waals surface area (Å²) in [4.78, 5) is 81.5. The average Bonchev–Trinajstić information content (AvgIpc) is 3.66. The maximum atomic E-state index is 13.4. The molecule has 16 nitrogen and oxygen atoms in total. The molecule has 0 bridgehead atoms. The van der Waals surface area contributed by atoms with E-state index in [1.807, 2.05) is 0 Å². The number of carboxylic acid groups (broad SMARTS) is 1. The second-order valence-corrected chi connectivity index (χ2v) is 10.7. The number of nitrogen functional groups attached to an aromatic ring is 1. The highest BCUT2D eigenvalue weighted by Crippen LogP contribution is 2.35. The lowest BCUT2D eigenvalue weighted by atomic mass is 9.98. The molecule has 6 rings (SSSR count). The van der Waals surface area contributed by atoms with Crippen molar-refractivity contribution in [1.82, 2.24) is 30.2 Å². The third kappa shape index (κ3) is 5.17. The van der Waals surface area contributed by atoms with Gasteiger partial charge in [0.05, 0.1) is 11.6 Å². The lowest BCUT2D eigenvalue weighted by molar-refractivity contribution is 0.0695. The van der Waals surface area contributed by atoms with Gasteiger partial charge in [-0.05, 0) is 60.2 Å². The highest BCUT2D eigenvalue weighted by atomic mass is 16.4. The molecule has 46 heavy (non-hydrogen) atoms. The van der Waals surface area contributed by atoms with Crippen LogP contribution in [0, 0.1) is 6.92 Å². The highest BCUT2D eigenvalue weighted by molar-refractivity contribution is 5.99. The molecule has 0 saturated heterocycles. The molecule has 0 radical (unpaired) electrons. The van der Waals surface area contributed by atoms with Crippen molar-refractivity contribution in [2.75, 3.05) is 11.1 Å². The first kappa shape index (κ1) is 29.6. The van der Waals surface area contributed by atoms with Crippen molar-refractivity contribution in [3.05, 3.63) is 108 Å². The molecule has 0 saturated carbocycles. The fourth-order valence-electron chi connectivity index (χ4n) is 5.45. The van der Waals surface area contributed by atoms with Crippen LogP contribution in [-0.2, 0) is 13.0 Å². The third-order valence-electron chi connectivity index (χ3n) is 7.82. The zero-order valence-corrected chi connectivity index (χ0v) is 24.1. The van der Waals surface area contributed by atoms with Crippen LogP contribution in [0.5, 0.6) is 0 Å². The van der Waals surface area contributed by atoms with Gasteiger partial charge < -0.3 is 32.5 Å². The highest BCUT2D eigenvalue weighted by Gasteiger charge is 2.29. The van der Waals surface area contributed by atoms with E-state index in [2.05, 4.69) is 31.0 Å². The molecular weight excluding hydrogens is 598 g/mol. The van der Waals surface area contributed by atoms with Crippen molar-refractivity contribution in [2.45, 2.75) is 32.4 Å². The van der Waals surface area contributed by atoms with Gasteiger partial charge in [-0.3, -0.25) is 24.0 Å². The van der Waals surface area contributed by atoms with Crippen LogP contribution < -0.4 is 38.3 Å². The van der Waals surface area contributed by atoms with E-state index in [1.54, 1.807) is 37.3 Å². The van der Waals surface area contributed by atoms with Gasteiger partial charge in [-0.15, -0.1) is 5.10 Å². The van der Waals surface area contributed by atoms with Crippen molar-refractivity contribution in [3.63, 3.8) is 0 Å². The van der Waals surface area contributed by atoms with Crippen LogP contribution in [-0.4, -0.2) is 48.4 Å². The molecule has 2 heterocycles. The average molecular weight is 624 g/mol. The number of aromatic carboxylic acids is 1. The van der Waals surface area contributed by atoms with E-state index in [1.165, 1.54) is 12.1 Å². The van der Waals surface area contributed by atoms with Crippen LogP contribution in [0.3, 0.4) is 0 Å². The molecule has 8 N–H and O–H groups in total. The van der Waals surface area contributed by atoms with Gasteiger partial charge in [-0.2, -0.15) is 9.50 Å². The first-order chi connectivity index (χ1) is 21.9. The number of nitrogens with two attached hydrogens (primary N) is 2. The maximum absolute atomic E-state index is 13.4. The Morgan fingerprint density at radius 1 is 1.04 bits per heavy atom. The van der Waals surface area contributed by atoms with Crippen molar-refractivity contribution in [2.24, 2.45) is 5.73 Å². The minimum Gasteiger partial charge on any atom is -0.478 e. The van der Waals surface area contributed by atoms with Gasteiger partial charge in [-0.25, -0.2) is 9.78 Å². The summed E-state index contributed by atoms with van der Waals surface area (Å²) in [5, 5.41) is 21.8. The van der Waals surface area contributed by atoms with Crippen molar-refractivity contribution >= 4 is 46.5 Å². The van der Waals surface area contributed by atoms with Crippen LogP contribution >= 0.6 is 0 Å². The largest absolute Gasteiger partial charge is 0.478 e. The van der Waals surface area contributed by atoms with E-state index in [0.717, 1.165) is 15.6 Å². The second-order valence-electron chi connectivity index (χ2n) is 10.7. The molecule has 232 valence electrons. The summed E-state index contributed by atoms with van der Waals surface area (Å²) in [6, 6.07) is 10.6. The molecule has 0 spiro atoms. The predicted molar refractivity (Wildman–Crippen MR) is 163 cm³/mol. The SMILES string of the molecule is Cc1c(C(=O)O)ccc2c1CC[C@@H]2NC(=O)c1cc(C(=O)NCc2cccc(Nc3c(N)c(=O)c3=O)c2)n2nc(C(N)=O)nc2n1. The Labute approximate surface area is 258 Å². The Hall–Kier alpha value is -6.45. The molecule has 1 atom stereocenters. The van der Waals surface area contributed by atoms with Gasteiger partial charge in [-0.1, -0.05) is 18.2 Å². The second kappa shape index (κ2) is 11.2. The minimum absolute atomic E-state index is 0.00494. The lowest BCUT2D eigenvalue weighted by Gasteiger charge is -2.16. The number of carbonyl (C=O) groups is 4. The minimum atomic E-state index is -1.03. The number of nitrogens with zero attached hydrogens (tertiary/aromatic N) is 4. The van der Waals surface area contributed by atoms with Crippen LogP contribution in [0.4, 0.5) is 17.1 Å². The predicted octanol–water partition coefficient (Wildman–Crippen LogP) is 0.499. The van der Waals surface area contributed by atoms with Crippen molar-refractivity contribution < 1.29 is 24.3 Å². The number of carboxylic acids is 1. The Balaban J connectivity index is 1.24. The number of rotatable bonds is 9. The molecule has 1 aliphatic carbocycles. The maximum Gasteiger partial charge on any atom is 0.335 e. The van der Waals surface area contributed by atoms with E-state index in [0.29, 0.717) is 29.7 Å². The van der Waals surface area contributed by atoms with E-state index in [4.69, 9.17) is 11.5 Å². The third-order valence-corrected chi connectivity index (χ3v) is 7.82. The molecule has 1 aliphatic rings. The summed E-state index contributed by atoms with van der Waals surface area (Å²) >= 11 is 0. The number of anilines is 3. The summed E-state index contributed by atoms with van der Waals surface area (Å²) in [6.45, 7) is 1.72. The molecule has 3 amide bonds. The summed E-state index contributed by atoms with van der Waals surface area (Å²) in [6.07, 6.45) is 1.09. The quantitative estimate of drug-likeness (QED) is 0.123. The van der Waals surface area contributed by atoms with Gasteiger partial charge in [0, 0.05) is 18.3 Å². The number of aromatic nitrogens is 4. The van der Waals surface area contributed by atoms with E-state index >= 15 is 0 Å². The molecule has 3 aromatic carbocycles. The van der Waals surface area contributed by atoms with E-state index < -0.39 is 46.4 Å². The molecule has 2 aromatic heterocycles. The number of hydrogen-bond acceptors (Lipinski definition) is 11. The zero-order valence-electron chi connectivity index (χ0n) is 24.1. The zero-order chi connectivity index (χ0) is 32.9. The molecular formula is C30H25N9O7.